The highest BCUT2D eigenvalue weighted by molar-refractivity contribution is 8.07. The lowest BCUT2D eigenvalue weighted by Gasteiger charge is -2.29. The first-order valence-corrected chi connectivity index (χ1v) is 8.82. The van der Waals surface area contributed by atoms with E-state index in [1.807, 2.05) is 23.5 Å². The quantitative estimate of drug-likeness (QED) is 0.919. The Balaban J connectivity index is 2.01. The lowest BCUT2D eigenvalue weighted by Crippen LogP contribution is -2.22. The molecule has 1 aliphatic heterocycles. The predicted molar refractivity (Wildman–Crippen MR) is 82.4 cm³/mol. The number of hydrogen-bond donors (Lipinski definition) is 1. The van der Waals surface area contributed by atoms with Gasteiger partial charge < -0.3 is 10.3 Å². The number of thioether (sulfide) groups is 2. The van der Waals surface area contributed by atoms with Gasteiger partial charge in [-0.3, -0.25) is 0 Å². The van der Waals surface area contributed by atoms with Crippen molar-refractivity contribution < 1.29 is 4.52 Å². The first-order chi connectivity index (χ1) is 8.97. The van der Waals surface area contributed by atoms with Crippen molar-refractivity contribution >= 4 is 23.5 Å². The van der Waals surface area contributed by atoms with E-state index < -0.39 is 0 Å². The Morgan fingerprint density at radius 3 is 2.74 bits per heavy atom. The van der Waals surface area contributed by atoms with E-state index in [-0.39, 0.29) is 6.04 Å². The molecule has 0 aliphatic carbocycles. The molecule has 0 spiro atoms. The molecule has 1 aromatic rings. The van der Waals surface area contributed by atoms with Gasteiger partial charge in [-0.25, -0.2) is 0 Å². The summed E-state index contributed by atoms with van der Waals surface area (Å²) >= 11 is 3.92. The van der Waals surface area contributed by atoms with Crippen LogP contribution < -0.4 is 5.73 Å². The van der Waals surface area contributed by atoms with Crippen LogP contribution >= 0.6 is 23.5 Å². The van der Waals surface area contributed by atoms with Crippen molar-refractivity contribution in [1.29, 1.82) is 0 Å². The maximum Gasteiger partial charge on any atom is 0.243 e. The lowest BCUT2D eigenvalue weighted by molar-refractivity contribution is 0.332. The van der Waals surface area contributed by atoms with Gasteiger partial charge in [0.15, 0.2) is 5.82 Å². The second-order valence-corrected chi connectivity index (χ2v) is 8.59. The molecule has 6 heteroatoms. The van der Waals surface area contributed by atoms with E-state index in [9.17, 15) is 0 Å². The zero-order chi connectivity index (χ0) is 14.0. The molecular formula is C13H23N3OS2. The Morgan fingerprint density at radius 2 is 2.11 bits per heavy atom. The topological polar surface area (TPSA) is 64.9 Å². The summed E-state index contributed by atoms with van der Waals surface area (Å²) in [4.78, 5) is 4.51. The van der Waals surface area contributed by atoms with Gasteiger partial charge in [0.05, 0.1) is 11.3 Å². The van der Waals surface area contributed by atoms with Gasteiger partial charge in [-0.15, -0.1) is 11.8 Å². The van der Waals surface area contributed by atoms with Crippen LogP contribution in [0.25, 0.3) is 0 Å². The van der Waals surface area contributed by atoms with E-state index in [0.29, 0.717) is 27.6 Å². The van der Waals surface area contributed by atoms with Crippen LogP contribution in [0.5, 0.6) is 0 Å². The van der Waals surface area contributed by atoms with Crippen molar-refractivity contribution in [3.8, 4) is 0 Å². The molecule has 2 heterocycles. The van der Waals surface area contributed by atoms with Gasteiger partial charge in [-0.05, 0) is 12.3 Å². The first kappa shape index (κ1) is 15.2. The third-order valence-electron chi connectivity index (χ3n) is 3.34. The lowest BCUT2D eigenvalue weighted by atomic mass is 10.0. The summed E-state index contributed by atoms with van der Waals surface area (Å²) < 4.78 is 5.33. The Kier molecular flexibility index (Phi) is 5.20. The van der Waals surface area contributed by atoms with E-state index in [4.69, 9.17) is 10.3 Å². The van der Waals surface area contributed by atoms with Crippen LogP contribution in [0.15, 0.2) is 4.52 Å². The van der Waals surface area contributed by atoms with Crippen molar-refractivity contribution in [3.63, 3.8) is 0 Å². The molecule has 4 unspecified atom stereocenters. The summed E-state index contributed by atoms with van der Waals surface area (Å²) in [6.07, 6.45) is 0.877. The molecule has 1 aromatic heterocycles. The molecule has 1 saturated heterocycles. The van der Waals surface area contributed by atoms with Crippen molar-refractivity contribution in [2.75, 3.05) is 5.75 Å². The summed E-state index contributed by atoms with van der Waals surface area (Å²) in [5.41, 5.74) is 6.08. The fourth-order valence-corrected chi connectivity index (χ4v) is 4.89. The number of nitrogens with two attached hydrogens (primary N) is 1. The van der Waals surface area contributed by atoms with E-state index >= 15 is 0 Å². The second-order valence-electron chi connectivity index (χ2n) is 5.60. The van der Waals surface area contributed by atoms with Gasteiger partial charge in [0.25, 0.3) is 0 Å². The second kappa shape index (κ2) is 6.50. The molecule has 108 valence electrons. The van der Waals surface area contributed by atoms with Crippen LogP contribution in [0.4, 0.5) is 0 Å². The van der Waals surface area contributed by atoms with Crippen molar-refractivity contribution in [2.24, 2.45) is 11.7 Å². The number of rotatable bonds is 4. The molecule has 4 nitrogen and oxygen atoms in total. The Morgan fingerprint density at radius 1 is 1.37 bits per heavy atom. The molecule has 0 radical (unpaired) electrons. The van der Waals surface area contributed by atoms with Gasteiger partial charge in [0.2, 0.25) is 5.89 Å². The van der Waals surface area contributed by atoms with Gasteiger partial charge in [-0.1, -0.05) is 32.9 Å². The average Bonchev–Trinajstić information content (AvgIpc) is 2.81. The van der Waals surface area contributed by atoms with Crippen LogP contribution in [-0.4, -0.2) is 26.4 Å². The van der Waals surface area contributed by atoms with E-state index in [1.165, 1.54) is 0 Å². The van der Waals surface area contributed by atoms with Gasteiger partial charge >= 0.3 is 0 Å². The zero-order valence-corrected chi connectivity index (χ0v) is 13.6. The van der Waals surface area contributed by atoms with E-state index in [0.717, 1.165) is 18.0 Å². The van der Waals surface area contributed by atoms with Crippen LogP contribution in [0, 0.1) is 5.92 Å². The number of aromatic nitrogens is 2. The molecule has 2 rings (SSSR count). The fraction of sp³-hybridized carbons (Fsp3) is 0.846. The van der Waals surface area contributed by atoms with E-state index in [1.54, 1.807) is 0 Å². The largest absolute Gasteiger partial charge is 0.338 e. The smallest absolute Gasteiger partial charge is 0.243 e. The fourth-order valence-electron chi connectivity index (χ4n) is 2.06. The monoisotopic (exact) mass is 301 g/mol. The summed E-state index contributed by atoms with van der Waals surface area (Å²) in [6.45, 7) is 8.83. The maximum absolute atomic E-state index is 6.08. The standard InChI is InChI=1S/C13H23N3OS2/c1-7(2)5-10(14)13-15-12(16-17-13)11-6-18-8(3)9(4)19-11/h7-11H,5-6,14H2,1-4H3. The minimum absolute atomic E-state index is 0.140. The highest BCUT2D eigenvalue weighted by atomic mass is 32.2. The summed E-state index contributed by atoms with van der Waals surface area (Å²) in [5.74, 6) is 2.98. The van der Waals surface area contributed by atoms with Crippen molar-refractivity contribution in [3.05, 3.63) is 11.7 Å². The number of nitrogens with zero attached hydrogens (tertiary/aromatic N) is 2. The molecule has 0 amide bonds. The third-order valence-corrected chi connectivity index (χ3v) is 6.73. The predicted octanol–water partition coefficient (Wildman–Crippen LogP) is 3.41. The molecule has 19 heavy (non-hydrogen) atoms. The molecule has 0 aromatic carbocycles. The third kappa shape index (κ3) is 3.89. The molecule has 1 aliphatic rings. The van der Waals surface area contributed by atoms with Gasteiger partial charge in [0, 0.05) is 16.3 Å². The average molecular weight is 301 g/mol. The molecule has 2 N–H and O–H groups in total. The SMILES string of the molecule is CC(C)CC(N)c1nc(C2CSC(C)C(C)S2)no1. The molecular weight excluding hydrogens is 278 g/mol. The van der Waals surface area contributed by atoms with Gasteiger partial charge in [0.1, 0.15) is 0 Å². The Bertz CT molecular complexity index is 410. The number of hydrogen-bond acceptors (Lipinski definition) is 6. The molecule has 0 bridgehead atoms. The van der Waals surface area contributed by atoms with Crippen LogP contribution in [0.3, 0.4) is 0 Å². The van der Waals surface area contributed by atoms with Crippen LogP contribution in [-0.2, 0) is 0 Å². The minimum Gasteiger partial charge on any atom is -0.338 e. The van der Waals surface area contributed by atoms with Crippen LogP contribution in [0.2, 0.25) is 0 Å². The highest BCUT2D eigenvalue weighted by Crippen LogP contribution is 2.43. The van der Waals surface area contributed by atoms with E-state index in [2.05, 4.69) is 37.8 Å². The normalized spacial score (nSPS) is 29.7. The van der Waals surface area contributed by atoms with Gasteiger partial charge in [-0.2, -0.15) is 16.7 Å². The summed E-state index contributed by atoms with van der Waals surface area (Å²) in [7, 11) is 0. The highest BCUT2D eigenvalue weighted by Gasteiger charge is 2.30. The van der Waals surface area contributed by atoms with Crippen LogP contribution in [0.1, 0.15) is 57.1 Å². The molecule has 4 atom stereocenters. The maximum atomic E-state index is 6.08. The summed E-state index contributed by atoms with van der Waals surface area (Å²) in [5, 5.41) is 5.77. The molecule has 1 fully saturated rings. The first-order valence-electron chi connectivity index (χ1n) is 6.83. The van der Waals surface area contributed by atoms with Crippen molar-refractivity contribution in [2.45, 2.75) is 55.9 Å². The van der Waals surface area contributed by atoms with Crippen molar-refractivity contribution in [1.82, 2.24) is 10.1 Å². The molecule has 0 saturated carbocycles. The Hall–Kier alpha value is -0.200. The Labute approximate surface area is 123 Å². The zero-order valence-electron chi connectivity index (χ0n) is 12.0. The minimum atomic E-state index is -0.140. The summed E-state index contributed by atoms with van der Waals surface area (Å²) in [6, 6.07) is -0.140.